The zero-order valence-corrected chi connectivity index (χ0v) is 32.5. The lowest BCUT2D eigenvalue weighted by Crippen LogP contribution is -2.28. The average molecular weight is 785 g/mol. The van der Waals surface area contributed by atoms with Crippen LogP contribution in [-0.4, -0.2) is 39.2 Å². The largest absolute Gasteiger partial charge is 0.489 e. The van der Waals surface area contributed by atoms with Crippen LogP contribution in [0.1, 0.15) is 82.1 Å². The molecule has 2 heterocycles. The number of carbonyl (C=O) groups excluding carboxylic acids is 1. The molecule has 0 fully saturated rings. The molecule has 51 heavy (non-hydrogen) atoms. The Bertz CT molecular complexity index is 1990. The summed E-state index contributed by atoms with van der Waals surface area (Å²) in [5.41, 5.74) is 9.83. The van der Waals surface area contributed by atoms with E-state index in [-0.39, 0.29) is 61.8 Å². The molecular weight excluding hydrogens is 742 g/mol. The SMILES string of the molecule is CC(C)Oc1cc(Cl)cc(C(=O)O)c1Cl.Cc1cc(C)c(CN)c(=O)[nH]1.Cc1cc(C)c(CNC(=O)c2cc(Cl)cc(OC(C)C)c2Cl)c(=O)[nH]1. The minimum absolute atomic E-state index is 0.0557. The standard InChI is InChI=1S/C18H20Cl2N2O3.C10H10Cl2O3.C8H12N2O/c1-9(2)25-15-7-12(19)6-13(16(15)20)17(23)21-8-14-10(3)5-11(4)22-18(14)24;1-5(2)15-8-4-6(11)3-7(9(8)12)10(13)14;1-5-3-6(2)10-8(11)7(5)4-9/h5-7,9H,8H2,1-4H3,(H,21,23)(H,22,24);3-5H,1-2H3,(H,13,14);3H,4,9H2,1-2H3,(H,10,11). The van der Waals surface area contributed by atoms with Gasteiger partial charge in [-0.25, -0.2) is 4.79 Å². The van der Waals surface area contributed by atoms with Crippen molar-refractivity contribution in [3.05, 3.63) is 122 Å². The van der Waals surface area contributed by atoms with Gasteiger partial charge in [0.15, 0.2) is 0 Å². The number of carboxylic acid groups (broad SMARTS) is 1. The zero-order chi connectivity index (χ0) is 38.7. The Labute approximate surface area is 316 Å². The molecule has 276 valence electrons. The van der Waals surface area contributed by atoms with Crippen molar-refractivity contribution in [1.82, 2.24) is 15.3 Å². The number of H-pyrrole nitrogens is 2. The minimum atomic E-state index is -1.13. The smallest absolute Gasteiger partial charge is 0.337 e. The third kappa shape index (κ3) is 12.9. The molecule has 11 nitrogen and oxygen atoms in total. The molecule has 6 N–H and O–H groups in total. The molecular formula is C36H42Cl4N4O7. The summed E-state index contributed by atoms with van der Waals surface area (Å²) >= 11 is 23.9. The number of benzene rings is 2. The highest BCUT2D eigenvalue weighted by Gasteiger charge is 2.18. The van der Waals surface area contributed by atoms with E-state index in [0.717, 1.165) is 22.5 Å². The molecule has 4 aromatic rings. The number of aromatic amines is 2. The number of rotatable bonds is 9. The van der Waals surface area contributed by atoms with Crippen molar-refractivity contribution in [3.8, 4) is 11.5 Å². The molecule has 0 aliphatic heterocycles. The van der Waals surface area contributed by atoms with Gasteiger partial charge in [-0.2, -0.15) is 0 Å². The molecule has 0 aliphatic rings. The first-order chi connectivity index (χ1) is 23.7. The van der Waals surface area contributed by atoms with E-state index in [9.17, 15) is 19.2 Å². The minimum Gasteiger partial charge on any atom is -0.489 e. The van der Waals surface area contributed by atoms with Crippen molar-refractivity contribution in [1.29, 1.82) is 0 Å². The van der Waals surface area contributed by atoms with Crippen LogP contribution in [0, 0.1) is 27.7 Å². The van der Waals surface area contributed by atoms with Gasteiger partial charge in [0.05, 0.1) is 33.4 Å². The number of halogens is 4. The van der Waals surface area contributed by atoms with Crippen LogP contribution in [0.3, 0.4) is 0 Å². The lowest BCUT2D eigenvalue weighted by molar-refractivity contribution is 0.0696. The van der Waals surface area contributed by atoms with E-state index in [1.807, 2.05) is 60.6 Å². The van der Waals surface area contributed by atoms with E-state index in [1.165, 1.54) is 18.2 Å². The van der Waals surface area contributed by atoms with Gasteiger partial charge in [0.25, 0.3) is 17.0 Å². The first kappa shape index (κ1) is 43.2. The van der Waals surface area contributed by atoms with E-state index in [4.69, 9.17) is 66.7 Å². The molecule has 15 heteroatoms. The van der Waals surface area contributed by atoms with Crippen LogP contribution in [0.2, 0.25) is 20.1 Å². The first-order valence-electron chi connectivity index (χ1n) is 15.7. The second kappa shape index (κ2) is 19.6. The van der Waals surface area contributed by atoms with E-state index in [0.29, 0.717) is 28.4 Å². The van der Waals surface area contributed by atoms with Crippen molar-refractivity contribution < 1.29 is 24.2 Å². The highest BCUT2D eigenvalue weighted by molar-refractivity contribution is 6.37. The van der Waals surface area contributed by atoms with Gasteiger partial charge in [0.2, 0.25) is 0 Å². The number of aromatic carboxylic acids is 1. The van der Waals surface area contributed by atoms with Crippen LogP contribution < -0.4 is 31.6 Å². The highest BCUT2D eigenvalue weighted by atomic mass is 35.5. The van der Waals surface area contributed by atoms with Crippen molar-refractivity contribution in [2.75, 3.05) is 0 Å². The summed E-state index contributed by atoms with van der Waals surface area (Å²) in [5.74, 6) is -0.924. The summed E-state index contributed by atoms with van der Waals surface area (Å²) in [5, 5.41) is 12.4. The maximum absolute atomic E-state index is 12.5. The van der Waals surface area contributed by atoms with E-state index < -0.39 is 11.9 Å². The summed E-state index contributed by atoms with van der Waals surface area (Å²) in [6.45, 7) is 15.1. The van der Waals surface area contributed by atoms with E-state index in [1.54, 1.807) is 13.0 Å². The fraction of sp³-hybridized carbons (Fsp3) is 0.333. The Morgan fingerprint density at radius 2 is 1.14 bits per heavy atom. The number of hydrogen-bond donors (Lipinski definition) is 5. The summed E-state index contributed by atoms with van der Waals surface area (Å²) < 4.78 is 10.9. The van der Waals surface area contributed by atoms with Crippen LogP contribution in [0.5, 0.6) is 11.5 Å². The van der Waals surface area contributed by atoms with Crippen LogP contribution in [0.4, 0.5) is 0 Å². The molecule has 0 atom stereocenters. The molecule has 0 aliphatic carbocycles. The average Bonchev–Trinajstić information content (AvgIpc) is 2.99. The third-order valence-corrected chi connectivity index (χ3v) is 8.04. The lowest BCUT2D eigenvalue weighted by Gasteiger charge is -2.15. The van der Waals surface area contributed by atoms with Crippen LogP contribution in [0.25, 0.3) is 0 Å². The third-order valence-electron chi connectivity index (χ3n) is 6.83. The fourth-order valence-electron chi connectivity index (χ4n) is 4.63. The number of nitrogens with one attached hydrogen (secondary N) is 3. The van der Waals surface area contributed by atoms with Gasteiger partial charge >= 0.3 is 5.97 Å². The predicted molar refractivity (Wildman–Crippen MR) is 204 cm³/mol. The second-order valence-electron chi connectivity index (χ2n) is 11.9. The molecule has 4 rings (SSSR count). The summed E-state index contributed by atoms with van der Waals surface area (Å²) in [7, 11) is 0. The van der Waals surface area contributed by atoms with E-state index >= 15 is 0 Å². The monoisotopic (exact) mass is 782 g/mol. The molecule has 0 saturated carbocycles. The number of amides is 1. The van der Waals surface area contributed by atoms with Gasteiger partial charge in [-0.3, -0.25) is 14.4 Å². The van der Waals surface area contributed by atoms with Gasteiger partial charge in [-0.15, -0.1) is 0 Å². The number of carboxylic acids is 1. The number of ether oxygens (including phenoxy) is 2. The van der Waals surface area contributed by atoms with Crippen molar-refractivity contribution >= 4 is 58.3 Å². The van der Waals surface area contributed by atoms with Crippen molar-refractivity contribution in [2.24, 2.45) is 5.73 Å². The van der Waals surface area contributed by atoms with Crippen LogP contribution in [-0.2, 0) is 13.1 Å². The Morgan fingerprint density at radius 1 is 0.725 bits per heavy atom. The normalized spacial score (nSPS) is 10.6. The molecule has 2 aromatic carbocycles. The predicted octanol–water partition coefficient (Wildman–Crippen LogP) is 7.94. The van der Waals surface area contributed by atoms with Crippen LogP contribution in [0.15, 0.2) is 46.0 Å². The van der Waals surface area contributed by atoms with Crippen molar-refractivity contribution in [3.63, 3.8) is 0 Å². The number of hydrogen-bond acceptors (Lipinski definition) is 7. The van der Waals surface area contributed by atoms with Gasteiger partial charge < -0.3 is 35.6 Å². The van der Waals surface area contributed by atoms with Gasteiger partial charge in [-0.05, 0) is 90.8 Å². The molecule has 0 radical (unpaired) electrons. The maximum Gasteiger partial charge on any atom is 0.337 e. The number of aryl methyl sites for hydroxylation is 4. The topological polar surface area (TPSA) is 177 Å². The highest BCUT2D eigenvalue weighted by Crippen LogP contribution is 2.34. The Balaban J connectivity index is 0.000000293. The zero-order valence-electron chi connectivity index (χ0n) is 29.5. The molecule has 0 spiro atoms. The maximum atomic E-state index is 12.5. The first-order valence-corrected chi connectivity index (χ1v) is 17.2. The molecule has 1 amide bonds. The Hall–Kier alpha value is -4.00. The van der Waals surface area contributed by atoms with Gasteiger partial charge in [0.1, 0.15) is 11.5 Å². The summed E-state index contributed by atoms with van der Waals surface area (Å²) in [4.78, 5) is 51.9. The quantitative estimate of drug-likeness (QED) is 0.114. The fourth-order valence-corrected chi connectivity index (χ4v) is 5.52. The van der Waals surface area contributed by atoms with Crippen molar-refractivity contribution in [2.45, 2.75) is 80.7 Å². The Kier molecular flexibility index (Phi) is 16.6. The van der Waals surface area contributed by atoms with E-state index in [2.05, 4.69) is 15.3 Å². The number of pyridine rings is 2. The molecule has 0 saturated heterocycles. The number of carbonyl (C=O) groups is 2. The van der Waals surface area contributed by atoms with Gasteiger partial charge in [0, 0.05) is 57.8 Å². The number of nitrogens with two attached hydrogens (primary N) is 1. The molecule has 0 unspecified atom stereocenters. The van der Waals surface area contributed by atoms with Crippen LogP contribution >= 0.6 is 46.4 Å². The summed E-state index contributed by atoms with van der Waals surface area (Å²) in [6, 6.07) is 9.59. The second-order valence-corrected chi connectivity index (χ2v) is 13.6. The molecule has 2 aromatic heterocycles. The van der Waals surface area contributed by atoms with Gasteiger partial charge in [-0.1, -0.05) is 46.4 Å². The summed E-state index contributed by atoms with van der Waals surface area (Å²) in [6.07, 6.45) is -0.205. The Morgan fingerprint density at radius 3 is 1.53 bits per heavy atom. The molecule has 0 bridgehead atoms. The lowest BCUT2D eigenvalue weighted by atomic mass is 10.1. The number of aromatic nitrogens is 2.